The van der Waals surface area contributed by atoms with Gasteiger partial charge in [-0.15, -0.1) is 0 Å². The molecule has 5 heteroatoms. The third-order valence-electron chi connectivity index (χ3n) is 2.60. The second-order valence-corrected chi connectivity index (χ2v) is 4.56. The van der Waals surface area contributed by atoms with E-state index in [0.717, 1.165) is 11.1 Å². The molecule has 0 radical (unpaired) electrons. The SMILES string of the molecule is CC(=O)NC(C)CC(=O)NCc1cccc(CO)c1. The van der Waals surface area contributed by atoms with E-state index in [1.54, 1.807) is 6.92 Å². The predicted molar refractivity (Wildman–Crippen MR) is 72.1 cm³/mol. The molecule has 0 aliphatic heterocycles. The van der Waals surface area contributed by atoms with E-state index in [1.807, 2.05) is 24.3 Å². The van der Waals surface area contributed by atoms with Crippen LogP contribution in [0.5, 0.6) is 0 Å². The molecule has 1 unspecified atom stereocenters. The fraction of sp³-hybridized carbons (Fsp3) is 0.429. The van der Waals surface area contributed by atoms with Crippen LogP contribution in [0, 0.1) is 0 Å². The monoisotopic (exact) mass is 264 g/mol. The number of benzene rings is 1. The van der Waals surface area contributed by atoms with Crippen LogP contribution in [-0.4, -0.2) is 23.0 Å². The number of aliphatic hydroxyl groups is 1. The molecule has 0 aliphatic carbocycles. The zero-order valence-corrected chi connectivity index (χ0v) is 11.3. The number of rotatable bonds is 6. The van der Waals surface area contributed by atoms with Crippen molar-refractivity contribution >= 4 is 11.8 Å². The Labute approximate surface area is 113 Å². The number of hydrogen-bond acceptors (Lipinski definition) is 3. The van der Waals surface area contributed by atoms with Crippen LogP contribution in [0.3, 0.4) is 0 Å². The molecule has 0 fully saturated rings. The summed E-state index contributed by atoms with van der Waals surface area (Å²) in [6.07, 6.45) is 0.249. The fourth-order valence-electron chi connectivity index (χ4n) is 1.79. The van der Waals surface area contributed by atoms with Gasteiger partial charge in [-0.05, 0) is 18.1 Å². The van der Waals surface area contributed by atoms with Crippen molar-refractivity contribution in [2.45, 2.75) is 39.5 Å². The van der Waals surface area contributed by atoms with E-state index in [0.29, 0.717) is 6.54 Å². The second kappa shape index (κ2) is 7.53. The molecular formula is C14H20N2O3. The van der Waals surface area contributed by atoms with Crippen molar-refractivity contribution in [2.24, 2.45) is 0 Å². The van der Waals surface area contributed by atoms with Crippen LogP contribution in [0.4, 0.5) is 0 Å². The number of aliphatic hydroxyl groups excluding tert-OH is 1. The van der Waals surface area contributed by atoms with Gasteiger partial charge in [-0.2, -0.15) is 0 Å². The first kappa shape index (κ1) is 15.2. The van der Waals surface area contributed by atoms with Gasteiger partial charge in [-0.1, -0.05) is 24.3 Å². The standard InChI is InChI=1S/C14H20N2O3/c1-10(16-11(2)18)6-14(19)15-8-12-4-3-5-13(7-12)9-17/h3-5,7,10,17H,6,8-9H2,1-2H3,(H,15,19)(H,16,18). The summed E-state index contributed by atoms with van der Waals surface area (Å²) in [6.45, 7) is 3.61. The predicted octanol–water partition coefficient (Wildman–Crippen LogP) is 0.710. The Morgan fingerprint density at radius 2 is 2.00 bits per heavy atom. The first-order chi connectivity index (χ1) is 9.01. The maximum atomic E-state index is 11.7. The fourth-order valence-corrected chi connectivity index (χ4v) is 1.79. The topological polar surface area (TPSA) is 78.4 Å². The maximum absolute atomic E-state index is 11.7. The molecule has 0 aromatic heterocycles. The van der Waals surface area contributed by atoms with Crippen LogP contribution in [-0.2, 0) is 22.7 Å². The Hall–Kier alpha value is -1.88. The summed E-state index contributed by atoms with van der Waals surface area (Å²) in [6, 6.07) is 7.21. The van der Waals surface area contributed by atoms with Crippen LogP contribution in [0.2, 0.25) is 0 Å². The molecule has 3 N–H and O–H groups in total. The molecule has 19 heavy (non-hydrogen) atoms. The zero-order valence-electron chi connectivity index (χ0n) is 11.3. The molecule has 0 saturated carbocycles. The normalized spacial score (nSPS) is 11.7. The lowest BCUT2D eigenvalue weighted by Gasteiger charge is -2.12. The summed E-state index contributed by atoms with van der Waals surface area (Å²) in [5.74, 6) is -0.258. The van der Waals surface area contributed by atoms with E-state index in [2.05, 4.69) is 10.6 Å². The lowest BCUT2D eigenvalue weighted by molar-refractivity contribution is -0.122. The molecule has 1 rings (SSSR count). The Bertz CT molecular complexity index is 446. The summed E-state index contributed by atoms with van der Waals surface area (Å²) in [5.41, 5.74) is 1.76. The lowest BCUT2D eigenvalue weighted by atomic mass is 10.1. The minimum absolute atomic E-state index is 0.0125. The maximum Gasteiger partial charge on any atom is 0.222 e. The van der Waals surface area contributed by atoms with E-state index in [1.165, 1.54) is 6.92 Å². The van der Waals surface area contributed by atoms with Gasteiger partial charge in [-0.3, -0.25) is 9.59 Å². The number of carbonyl (C=O) groups is 2. The third-order valence-corrected chi connectivity index (χ3v) is 2.60. The minimum atomic E-state index is -0.179. The van der Waals surface area contributed by atoms with Crippen molar-refractivity contribution in [1.82, 2.24) is 10.6 Å². The van der Waals surface area contributed by atoms with Gasteiger partial charge in [0.25, 0.3) is 0 Å². The first-order valence-corrected chi connectivity index (χ1v) is 6.23. The van der Waals surface area contributed by atoms with Crippen LogP contribution in [0.25, 0.3) is 0 Å². The molecule has 0 heterocycles. The second-order valence-electron chi connectivity index (χ2n) is 4.56. The highest BCUT2D eigenvalue weighted by Crippen LogP contribution is 2.05. The summed E-state index contributed by atoms with van der Waals surface area (Å²) in [5, 5.41) is 14.5. The first-order valence-electron chi connectivity index (χ1n) is 6.23. The molecule has 1 aromatic carbocycles. The minimum Gasteiger partial charge on any atom is -0.392 e. The molecule has 2 amide bonds. The number of nitrogens with one attached hydrogen (secondary N) is 2. The average molecular weight is 264 g/mol. The molecule has 0 aliphatic rings. The molecule has 1 atom stereocenters. The molecule has 104 valence electrons. The van der Waals surface area contributed by atoms with Gasteiger partial charge in [-0.25, -0.2) is 0 Å². The quantitative estimate of drug-likeness (QED) is 0.708. The molecule has 0 bridgehead atoms. The average Bonchev–Trinajstić information content (AvgIpc) is 2.35. The Balaban J connectivity index is 2.39. The van der Waals surface area contributed by atoms with Crippen molar-refractivity contribution in [2.75, 3.05) is 0 Å². The van der Waals surface area contributed by atoms with Crippen molar-refractivity contribution in [3.63, 3.8) is 0 Å². The van der Waals surface area contributed by atoms with Gasteiger partial charge in [0.05, 0.1) is 6.61 Å². The highest BCUT2D eigenvalue weighted by molar-refractivity contribution is 5.78. The Kier molecular flexibility index (Phi) is 6.02. The van der Waals surface area contributed by atoms with Crippen molar-refractivity contribution in [3.8, 4) is 0 Å². The van der Waals surface area contributed by atoms with Gasteiger partial charge < -0.3 is 15.7 Å². The van der Waals surface area contributed by atoms with Crippen LogP contribution >= 0.6 is 0 Å². The molecule has 0 saturated heterocycles. The van der Waals surface area contributed by atoms with Crippen molar-refractivity contribution in [3.05, 3.63) is 35.4 Å². The number of hydrogen-bond donors (Lipinski definition) is 3. The smallest absolute Gasteiger partial charge is 0.222 e. The van der Waals surface area contributed by atoms with E-state index in [9.17, 15) is 9.59 Å². The van der Waals surface area contributed by atoms with Gasteiger partial charge in [0.1, 0.15) is 0 Å². The zero-order chi connectivity index (χ0) is 14.3. The third kappa shape index (κ3) is 6.01. The van der Waals surface area contributed by atoms with E-state index < -0.39 is 0 Å². The molecule has 1 aromatic rings. The highest BCUT2D eigenvalue weighted by atomic mass is 16.3. The molecule has 5 nitrogen and oxygen atoms in total. The van der Waals surface area contributed by atoms with Crippen LogP contribution < -0.4 is 10.6 Å². The summed E-state index contributed by atoms with van der Waals surface area (Å²) in [4.78, 5) is 22.5. The Morgan fingerprint density at radius 3 is 2.63 bits per heavy atom. The van der Waals surface area contributed by atoms with Crippen molar-refractivity contribution in [1.29, 1.82) is 0 Å². The van der Waals surface area contributed by atoms with Gasteiger partial charge in [0.2, 0.25) is 11.8 Å². The van der Waals surface area contributed by atoms with Crippen molar-refractivity contribution < 1.29 is 14.7 Å². The van der Waals surface area contributed by atoms with E-state index in [4.69, 9.17) is 5.11 Å². The number of amides is 2. The largest absolute Gasteiger partial charge is 0.392 e. The van der Waals surface area contributed by atoms with E-state index in [-0.39, 0.29) is 30.9 Å². The number of carbonyl (C=O) groups excluding carboxylic acids is 2. The summed E-state index contributed by atoms with van der Waals surface area (Å²) < 4.78 is 0. The van der Waals surface area contributed by atoms with Gasteiger partial charge in [0.15, 0.2) is 0 Å². The summed E-state index contributed by atoms with van der Waals surface area (Å²) in [7, 11) is 0. The highest BCUT2D eigenvalue weighted by Gasteiger charge is 2.09. The summed E-state index contributed by atoms with van der Waals surface area (Å²) >= 11 is 0. The van der Waals surface area contributed by atoms with Crippen LogP contribution in [0.1, 0.15) is 31.4 Å². The van der Waals surface area contributed by atoms with Crippen LogP contribution in [0.15, 0.2) is 24.3 Å². The molecule has 0 spiro atoms. The Morgan fingerprint density at radius 1 is 1.32 bits per heavy atom. The van der Waals surface area contributed by atoms with E-state index >= 15 is 0 Å². The lowest BCUT2D eigenvalue weighted by Crippen LogP contribution is -2.35. The van der Waals surface area contributed by atoms with Gasteiger partial charge >= 0.3 is 0 Å². The molecular weight excluding hydrogens is 244 g/mol. The van der Waals surface area contributed by atoms with Gasteiger partial charge in [0, 0.05) is 25.9 Å².